The van der Waals surface area contributed by atoms with Gasteiger partial charge in [-0.1, -0.05) is 42.5 Å². The summed E-state index contributed by atoms with van der Waals surface area (Å²) in [6.45, 7) is 3.84. The predicted molar refractivity (Wildman–Crippen MR) is 83.6 cm³/mol. The molecule has 0 bridgehead atoms. The van der Waals surface area contributed by atoms with Crippen LogP contribution in [-0.4, -0.2) is 30.6 Å². The van der Waals surface area contributed by atoms with Gasteiger partial charge in [-0.2, -0.15) is 0 Å². The maximum Gasteiger partial charge on any atom is 0.123 e. The zero-order valence-corrected chi connectivity index (χ0v) is 12.1. The van der Waals surface area contributed by atoms with Gasteiger partial charge < -0.3 is 5.32 Å². The van der Waals surface area contributed by atoms with Gasteiger partial charge in [-0.05, 0) is 29.7 Å². The first-order valence-corrected chi connectivity index (χ1v) is 7.54. The van der Waals surface area contributed by atoms with Gasteiger partial charge >= 0.3 is 0 Å². The third-order valence-corrected chi connectivity index (χ3v) is 3.96. The highest BCUT2D eigenvalue weighted by Gasteiger charge is 2.19. The maximum atomic E-state index is 13.3. The average Bonchev–Trinajstić information content (AvgIpc) is 2.49. The Hall–Kier alpha value is -1.71. The summed E-state index contributed by atoms with van der Waals surface area (Å²) in [6, 6.07) is 18.0. The number of hydrogen-bond acceptors (Lipinski definition) is 2. The van der Waals surface area contributed by atoms with E-state index in [9.17, 15) is 4.39 Å². The van der Waals surface area contributed by atoms with E-state index in [0.29, 0.717) is 6.04 Å². The van der Waals surface area contributed by atoms with E-state index >= 15 is 0 Å². The average molecular weight is 284 g/mol. The number of piperazine rings is 1. The van der Waals surface area contributed by atoms with E-state index in [2.05, 4.69) is 34.5 Å². The molecule has 0 saturated carbocycles. The van der Waals surface area contributed by atoms with Crippen molar-refractivity contribution in [3.8, 4) is 0 Å². The van der Waals surface area contributed by atoms with Crippen LogP contribution in [0.4, 0.5) is 4.39 Å². The molecule has 3 heteroatoms. The van der Waals surface area contributed by atoms with Gasteiger partial charge in [0.1, 0.15) is 5.82 Å². The molecule has 0 amide bonds. The maximum absolute atomic E-state index is 13.3. The fraction of sp³-hybridized carbons (Fsp3) is 0.333. The number of hydrogen-bond donors (Lipinski definition) is 1. The minimum atomic E-state index is -0.150. The molecule has 1 aliphatic heterocycles. The topological polar surface area (TPSA) is 15.3 Å². The van der Waals surface area contributed by atoms with Crippen LogP contribution in [0.2, 0.25) is 0 Å². The zero-order valence-electron chi connectivity index (χ0n) is 12.1. The second-order valence-electron chi connectivity index (χ2n) is 5.71. The van der Waals surface area contributed by atoms with E-state index in [0.717, 1.165) is 38.2 Å². The van der Waals surface area contributed by atoms with Gasteiger partial charge in [-0.15, -0.1) is 0 Å². The molecular formula is C18H21FN2. The Labute approximate surface area is 125 Å². The van der Waals surface area contributed by atoms with Crippen LogP contribution in [0.1, 0.15) is 11.1 Å². The lowest BCUT2D eigenvalue weighted by Gasteiger charge is -2.34. The molecule has 2 nitrogen and oxygen atoms in total. The normalized spacial score (nSPS) is 19.6. The first-order valence-electron chi connectivity index (χ1n) is 7.54. The summed E-state index contributed by atoms with van der Waals surface area (Å²) in [4.78, 5) is 2.40. The third-order valence-electron chi connectivity index (χ3n) is 3.96. The Balaban J connectivity index is 1.58. The zero-order chi connectivity index (χ0) is 14.5. The molecule has 1 heterocycles. The lowest BCUT2D eigenvalue weighted by atomic mass is 10.0. The van der Waals surface area contributed by atoms with Crippen molar-refractivity contribution in [3.63, 3.8) is 0 Å². The molecule has 1 atom stereocenters. The summed E-state index contributed by atoms with van der Waals surface area (Å²) >= 11 is 0. The van der Waals surface area contributed by atoms with Gasteiger partial charge in [-0.3, -0.25) is 4.90 Å². The molecule has 1 saturated heterocycles. The van der Waals surface area contributed by atoms with Gasteiger partial charge in [0.15, 0.2) is 0 Å². The lowest BCUT2D eigenvalue weighted by Crippen LogP contribution is -2.51. The molecule has 110 valence electrons. The molecule has 0 radical (unpaired) electrons. The van der Waals surface area contributed by atoms with E-state index < -0.39 is 0 Å². The van der Waals surface area contributed by atoms with Crippen molar-refractivity contribution >= 4 is 0 Å². The highest BCUT2D eigenvalue weighted by Crippen LogP contribution is 2.12. The first kappa shape index (κ1) is 14.2. The van der Waals surface area contributed by atoms with Crippen molar-refractivity contribution in [1.29, 1.82) is 0 Å². The standard InChI is InChI=1S/C18H21FN2/c19-17-8-4-7-16(11-17)13-21-10-9-20-18(14-21)12-15-5-2-1-3-6-15/h1-8,11,18,20H,9-10,12-14H2. The molecule has 21 heavy (non-hydrogen) atoms. The second kappa shape index (κ2) is 6.83. The van der Waals surface area contributed by atoms with Gasteiger partial charge in [0.05, 0.1) is 0 Å². The second-order valence-corrected chi connectivity index (χ2v) is 5.71. The van der Waals surface area contributed by atoms with E-state index in [4.69, 9.17) is 0 Å². The van der Waals surface area contributed by atoms with Crippen LogP contribution >= 0.6 is 0 Å². The summed E-state index contributed by atoms with van der Waals surface area (Å²) in [5, 5.41) is 3.58. The van der Waals surface area contributed by atoms with Crippen LogP contribution in [0.15, 0.2) is 54.6 Å². The van der Waals surface area contributed by atoms with Crippen LogP contribution < -0.4 is 5.32 Å². The van der Waals surface area contributed by atoms with Crippen LogP contribution in [0, 0.1) is 5.82 Å². The number of nitrogens with zero attached hydrogens (tertiary/aromatic N) is 1. The summed E-state index contributed by atoms with van der Waals surface area (Å²) in [5.41, 5.74) is 2.41. The molecule has 0 aliphatic carbocycles. The van der Waals surface area contributed by atoms with E-state index in [1.807, 2.05) is 12.1 Å². The molecule has 2 aromatic rings. The lowest BCUT2D eigenvalue weighted by molar-refractivity contribution is 0.191. The third kappa shape index (κ3) is 4.13. The van der Waals surface area contributed by atoms with Crippen LogP contribution in [0.5, 0.6) is 0 Å². The smallest absolute Gasteiger partial charge is 0.123 e. The van der Waals surface area contributed by atoms with E-state index in [1.165, 1.54) is 11.6 Å². The first-order chi connectivity index (χ1) is 10.3. The Kier molecular flexibility index (Phi) is 4.63. The van der Waals surface area contributed by atoms with Crippen LogP contribution in [-0.2, 0) is 13.0 Å². The number of benzene rings is 2. The highest BCUT2D eigenvalue weighted by atomic mass is 19.1. The van der Waals surface area contributed by atoms with Crippen LogP contribution in [0.25, 0.3) is 0 Å². The van der Waals surface area contributed by atoms with Crippen molar-refractivity contribution in [2.45, 2.75) is 19.0 Å². The van der Waals surface area contributed by atoms with E-state index in [-0.39, 0.29) is 5.82 Å². The molecule has 1 aliphatic rings. The van der Waals surface area contributed by atoms with Crippen molar-refractivity contribution in [3.05, 3.63) is 71.5 Å². The van der Waals surface area contributed by atoms with E-state index in [1.54, 1.807) is 12.1 Å². The summed E-state index contributed by atoms with van der Waals surface area (Å²) < 4.78 is 13.3. The summed E-state index contributed by atoms with van der Waals surface area (Å²) in [7, 11) is 0. The minimum Gasteiger partial charge on any atom is -0.311 e. The van der Waals surface area contributed by atoms with Gasteiger partial charge in [0.25, 0.3) is 0 Å². The van der Waals surface area contributed by atoms with Crippen molar-refractivity contribution < 1.29 is 4.39 Å². The van der Waals surface area contributed by atoms with Crippen molar-refractivity contribution in [2.75, 3.05) is 19.6 Å². The largest absolute Gasteiger partial charge is 0.311 e. The molecule has 0 spiro atoms. The molecule has 0 aromatic heterocycles. The van der Waals surface area contributed by atoms with Crippen molar-refractivity contribution in [2.24, 2.45) is 0 Å². The van der Waals surface area contributed by atoms with Gasteiger partial charge in [0, 0.05) is 32.2 Å². The number of nitrogens with one attached hydrogen (secondary N) is 1. The Morgan fingerprint density at radius 3 is 2.67 bits per heavy atom. The Morgan fingerprint density at radius 1 is 1.05 bits per heavy atom. The van der Waals surface area contributed by atoms with Gasteiger partial charge in [-0.25, -0.2) is 4.39 Å². The van der Waals surface area contributed by atoms with Gasteiger partial charge in [0.2, 0.25) is 0 Å². The number of halogens is 1. The molecule has 2 aromatic carbocycles. The Morgan fingerprint density at radius 2 is 1.86 bits per heavy atom. The SMILES string of the molecule is Fc1cccc(CN2CCNC(Cc3ccccc3)C2)c1. The number of rotatable bonds is 4. The van der Waals surface area contributed by atoms with Crippen LogP contribution in [0.3, 0.4) is 0 Å². The summed E-state index contributed by atoms with van der Waals surface area (Å²) in [5.74, 6) is -0.150. The highest BCUT2D eigenvalue weighted by molar-refractivity contribution is 5.17. The fourth-order valence-electron chi connectivity index (χ4n) is 2.97. The minimum absolute atomic E-state index is 0.150. The fourth-order valence-corrected chi connectivity index (χ4v) is 2.97. The molecule has 1 unspecified atom stereocenters. The molecule has 3 rings (SSSR count). The monoisotopic (exact) mass is 284 g/mol. The summed E-state index contributed by atoms with van der Waals surface area (Å²) in [6.07, 6.45) is 1.04. The quantitative estimate of drug-likeness (QED) is 0.929. The van der Waals surface area contributed by atoms with Crippen molar-refractivity contribution in [1.82, 2.24) is 10.2 Å². The molecular weight excluding hydrogens is 263 g/mol. The predicted octanol–water partition coefficient (Wildman–Crippen LogP) is 2.84. The molecule has 1 fully saturated rings. The Bertz CT molecular complexity index is 570. The molecule has 1 N–H and O–H groups in total.